The number of ether oxygens (including phenoxy) is 1. The number of benzene rings is 1. The molecule has 0 atom stereocenters. The van der Waals surface area contributed by atoms with E-state index in [1.165, 1.54) is 29.5 Å². The summed E-state index contributed by atoms with van der Waals surface area (Å²) < 4.78 is 17.9. The lowest BCUT2D eigenvalue weighted by Gasteiger charge is -2.06. The van der Waals surface area contributed by atoms with Crippen molar-refractivity contribution in [1.82, 2.24) is 0 Å². The fourth-order valence-electron chi connectivity index (χ4n) is 1.81. The first kappa shape index (κ1) is 15.2. The third-order valence-corrected chi connectivity index (χ3v) is 3.67. The van der Waals surface area contributed by atoms with Gasteiger partial charge in [-0.15, -0.1) is 11.3 Å². The van der Waals surface area contributed by atoms with Crippen molar-refractivity contribution in [2.75, 3.05) is 11.9 Å². The Bertz CT molecular complexity index is 681. The van der Waals surface area contributed by atoms with E-state index < -0.39 is 24.3 Å². The van der Waals surface area contributed by atoms with E-state index in [-0.39, 0.29) is 0 Å². The topological polar surface area (TPSA) is 55.4 Å². The van der Waals surface area contributed by atoms with Gasteiger partial charge in [0.15, 0.2) is 6.61 Å². The van der Waals surface area contributed by atoms with Crippen LogP contribution in [0.25, 0.3) is 0 Å². The van der Waals surface area contributed by atoms with Gasteiger partial charge in [0.25, 0.3) is 5.91 Å². The Morgan fingerprint density at radius 2 is 2.05 bits per heavy atom. The maximum absolute atomic E-state index is 13.0. The molecule has 0 aliphatic carbocycles. The molecule has 1 aromatic carbocycles. The van der Waals surface area contributed by atoms with Gasteiger partial charge in [-0.2, -0.15) is 0 Å². The highest BCUT2D eigenvalue weighted by atomic mass is 32.1. The normalized spacial score (nSPS) is 10.2. The molecule has 0 saturated carbocycles. The second-order valence-electron chi connectivity index (χ2n) is 4.46. The number of esters is 1. The van der Waals surface area contributed by atoms with Gasteiger partial charge in [-0.25, -0.2) is 9.18 Å². The van der Waals surface area contributed by atoms with Crippen molar-refractivity contribution in [3.63, 3.8) is 0 Å². The first-order valence-corrected chi connectivity index (χ1v) is 7.07. The Balaban J connectivity index is 1.89. The van der Waals surface area contributed by atoms with Crippen LogP contribution in [0.5, 0.6) is 0 Å². The molecule has 1 heterocycles. The molecule has 1 N–H and O–H groups in total. The summed E-state index contributed by atoms with van der Waals surface area (Å²) >= 11 is 1.49. The van der Waals surface area contributed by atoms with E-state index in [0.717, 1.165) is 9.75 Å². The van der Waals surface area contributed by atoms with Crippen molar-refractivity contribution in [1.29, 1.82) is 0 Å². The van der Waals surface area contributed by atoms with Gasteiger partial charge in [0, 0.05) is 15.4 Å². The molecule has 0 unspecified atom stereocenters. The number of hydrogen-bond donors (Lipinski definition) is 1. The zero-order valence-corrected chi connectivity index (χ0v) is 12.4. The summed E-state index contributed by atoms with van der Waals surface area (Å²) in [7, 11) is 0. The first-order valence-electron chi connectivity index (χ1n) is 6.25. The van der Waals surface area contributed by atoms with E-state index >= 15 is 0 Å². The number of halogens is 1. The molecule has 2 aromatic rings. The number of rotatable bonds is 4. The van der Waals surface area contributed by atoms with E-state index in [9.17, 15) is 14.0 Å². The zero-order valence-electron chi connectivity index (χ0n) is 11.6. The molecule has 0 saturated heterocycles. The number of thiophene rings is 1. The molecule has 110 valence electrons. The highest BCUT2D eigenvalue weighted by Crippen LogP contribution is 2.21. The van der Waals surface area contributed by atoms with Crippen LogP contribution in [0.2, 0.25) is 0 Å². The Labute approximate surface area is 125 Å². The molecule has 0 bridgehead atoms. The fourth-order valence-corrected chi connectivity index (χ4v) is 2.72. The Morgan fingerprint density at radius 3 is 2.67 bits per heavy atom. The van der Waals surface area contributed by atoms with Gasteiger partial charge in [0.2, 0.25) is 0 Å². The summed E-state index contributed by atoms with van der Waals surface area (Å²) in [5.41, 5.74) is 0.787. The van der Waals surface area contributed by atoms with Crippen molar-refractivity contribution in [3.8, 4) is 0 Å². The largest absolute Gasteiger partial charge is 0.452 e. The first-order chi connectivity index (χ1) is 9.95. The quantitative estimate of drug-likeness (QED) is 0.882. The molecule has 0 radical (unpaired) electrons. The second kappa shape index (κ2) is 6.49. The molecule has 4 nitrogen and oxygen atoms in total. The third kappa shape index (κ3) is 4.13. The highest BCUT2D eigenvalue weighted by molar-refractivity contribution is 7.12. The Hall–Kier alpha value is -2.21. The number of anilines is 1. The maximum atomic E-state index is 13.0. The fraction of sp³-hybridized carbons (Fsp3) is 0.200. The van der Waals surface area contributed by atoms with Crippen LogP contribution >= 0.6 is 11.3 Å². The van der Waals surface area contributed by atoms with Crippen LogP contribution in [-0.4, -0.2) is 18.5 Å². The summed E-state index contributed by atoms with van der Waals surface area (Å²) in [6.45, 7) is 3.30. The molecule has 1 aromatic heterocycles. The summed E-state index contributed by atoms with van der Waals surface area (Å²) in [4.78, 5) is 25.3. The predicted molar refractivity (Wildman–Crippen MR) is 79.1 cm³/mol. The van der Waals surface area contributed by atoms with Gasteiger partial charge in [0.05, 0.1) is 5.56 Å². The average Bonchev–Trinajstić information content (AvgIpc) is 2.75. The maximum Gasteiger partial charge on any atom is 0.339 e. The smallest absolute Gasteiger partial charge is 0.339 e. The number of amides is 1. The number of hydrogen-bond acceptors (Lipinski definition) is 4. The minimum absolute atomic E-state index is 0.318. The highest BCUT2D eigenvalue weighted by Gasteiger charge is 2.15. The lowest BCUT2D eigenvalue weighted by atomic mass is 10.2. The molecular weight excluding hydrogens is 293 g/mol. The van der Waals surface area contributed by atoms with Crippen molar-refractivity contribution < 1.29 is 18.7 Å². The van der Waals surface area contributed by atoms with E-state index in [1.807, 2.05) is 13.8 Å². The van der Waals surface area contributed by atoms with E-state index in [2.05, 4.69) is 5.32 Å². The van der Waals surface area contributed by atoms with Crippen molar-refractivity contribution in [2.24, 2.45) is 0 Å². The zero-order chi connectivity index (χ0) is 15.4. The monoisotopic (exact) mass is 307 g/mol. The van der Waals surface area contributed by atoms with Crippen LogP contribution in [-0.2, 0) is 9.53 Å². The molecule has 2 rings (SSSR count). The summed E-state index contributed by atoms with van der Waals surface area (Å²) in [6.07, 6.45) is 0. The van der Waals surface area contributed by atoms with E-state index in [1.54, 1.807) is 12.1 Å². The van der Waals surface area contributed by atoms with Gasteiger partial charge in [-0.05, 0) is 38.1 Å². The molecule has 1 amide bonds. The van der Waals surface area contributed by atoms with Gasteiger partial charge in [0.1, 0.15) is 5.82 Å². The molecule has 0 spiro atoms. The number of carbonyl (C=O) groups excluding carboxylic acids is 2. The molecule has 0 aliphatic heterocycles. The minimum Gasteiger partial charge on any atom is -0.452 e. The van der Waals surface area contributed by atoms with Crippen molar-refractivity contribution >= 4 is 28.9 Å². The Kier molecular flexibility index (Phi) is 4.70. The van der Waals surface area contributed by atoms with Crippen LogP contribution in [0.1, 0.15) is 20.1 Å². The molecule has 21 heavy (non-hydrogen) atoms. The van der Waals surface area contributed by atoms with E-state index in [0.29, 0.717) is 11.3 Å². The van der Waals surface area contributed by atoms with Crippen LogP contribution in [0, 0.1) is 19.7 Å². The third-order valence-electron chi connectivity index (χ3n) is 2.70. The lowest BCUT2D eigenvalue weighted by Crippen LogP contribution is -2.21. The number of carbonyl (C=O) groups is 2. The van der Waals surface area contributed by atoms with Crippen molar-refractivity contribution in [2.45, 2.75) is 13.8 Å². The lowest BCUT2D eigenvalue weighted by molar-refractivity contribution is -0.119. The Morgan fingerprint density at radius 1 is 1.29 bits per heavy atom. The molecule has 0 aliphatic rings. The standard InChI is InChI=1S/C15H14FNO3S/c1-9-6-13(10(2)21-9)15(19)20-8-14(18)17-12-5-3-4-11(16)7-12/h3-7H,8H2,1-2H3,(H,17,18). The minimum atomic E-state index is -0.536. The summed E-state index contributed by atoms with van der Waals surface area (Å²) in [5.74, 6) is -1.50. The summed E-state index contributed by atoms with van der Waals surface area (Å²) in [6, 6.07) is 7.22. The van der Waals surface area contributed by atoms with Crippen LogP contribution in [0.3, 0.4) is 0 Å². The van der Waals surface area contributed by atoms with Gasteiger partial charge >= 0.3 is 5.97 Å². The van der Waals surface area contributed by atoms with Crippen LogP contribution in [0.4, 0.5) is 10.1 Å². The number of nitrogens with one attached hydrogen (secondary N) is 1. The van der Waals surface area contributed by atoms with E-state index in [4.69, 9.17) is 4.74 Å². The second-order valence-corrected chi connectivity index (χ2v) is 5.92. The predicted octanol–water partition coefficient (Wildman–Crippen LogP) is 3.30. The van der Waals surface area contributed by atoms with Gasteiger partial charge < -0.3 is 10.1 Å². The number of aryl methyl sites for hydroxylation is 2. The molecular formula is C15H14FNO3S. The molecule has 0 fully saturated rings. The summed E-state index contributed by atoms with van der Waals surface area (Å²) in [5, 5.41) is 2.46. The molecule has 6 heteroatoms. The van der Waals surface area contributed by atoms with Gasteiger partial charge in [-0.3, -0.25) is 4.79 Å². The van der Waals surface area contributed by atoms with Crippen LogP contribution in [0.15, 0.2) is 30.3 Å². The van der Waals surface area contributed by atoms with Crippen molar-refractivity contribution in [3.05, 3.63) is 51.5 Å². The SMILES string of the molecule is Cc1cc(C(=O)OCC(=O)Nc2cccc(F)c2)c(C)s1. The van der Waals surface area contributed by atoms with Gasteiger partial charge in [-0.1, -0.05) is 6.07 Å². The van der Waals surface area contributed by atoms with Crippen LogP contribution < -0.4 is 5.32 Å². The average molecular weight is 307 g/mol.